The molecule has 11 heteroatoms. The van der Waals surface area contributed by atoms with Crippen molar-refractivity contribution in [2.45, 2.75) is 26.3 Å². The Hall–Kier alpha value is -4.61. The second kappa shape index (κ2) is 12.5. The summed E-state index contributed by atoms with van der Waals surface area (Å²) in [5.74, 6) is -1.97. The number of methoxy groups -OCH3 is 1. The molecule has 0 aliphatic carbocycles. The number of fused-ring (bicyclic) bond motifs is 3. The van der Waals surface area contributed by atoms with Gasteiger partial charge in [-0.25, -0.2) is 14.2 Å². The van der Waals surface area contributed by atoms with E-state index in [9.17, 15) is 18.8 Å². The van der Waals surface area contributed by atoms with E-state index in [0.717, 1.165) is 16.9 Å². The largest absolute Gasteiger partial charge is 0.493 e. The first kappa shape index (κ1) is 28.9. The van der Waals surface area contributed by atoms with Gasteiger partial charge in [-0.15, -0.1) is 11.3 Å². The zero-order chi connectivity index (χ0) is 29.8. The van der Waals surface area contributed by atoms with Gasteiger partial charge in [0.15, 0.2) is 5.69 Å². The number of ether oxygens (including phenoxy) is 2. The highest BCUT2D eigenvalue weighted by Gasteiger charge is 2.27. The van der Waals surface area contributed by atoms with E-state index in [1.54, 1.807) is 24.3 Å². The topological polar surface area (TPSA) is 133 Å². The van der Waals surface area contributed by atoms with Crippen LogP contribution < -0.4 is 21.1 Å². The van der Waals surface area contributed by atoms with Crippen LogP contribution in [0.5, 0.6) is 5.75 Å². The van der Waals surface area contributed by atoms with Gasteiger partial charge in [0.1, 0.15) is 17.3 Å². The molecular formula is C31H29FN4O5S. The van der Waals surface area contributed by atoms with E-state index in [-0.39, 0.29) is 34.7 Å². The van der Waals surface area contributed by atoms with Crippen molar-refractivity contribution in [3.05, 3.63) is 87.8 Å². The predicted molar refractivity (Wildman–Crippen MR) is 158 cm³/mol. The fourth-order valence-corrected chi connectivity index (χ4v) is 5.66. The molecule has 2 aromatic heterocycles. The summed E-state index contributed by atoms with van der Waals surface area (Å²) in [5.41, 5.74) is 8.53. The molecule has 0 saturated carbocycles. The van der Waals surface area contributed by atoms with Gasteiger partial charge in [-0.2, -0.15) is 0 Å². The molecule has 4 N–H and O–H groups in total. The molecule has 0 saturated heterocycles. The summed E-state index contributed by atoms with van der Waals surface area (Å²) in [5, 5.41) is 7.36. The number of nitrogens with one attached hydrogen (secondary N) is 2. The maximum Gasteiger partial charge on any atom is 0.357 e. The van der Waals surface area contributed by atoms with Crippen LogP contribution in [0.1, 0.15) is 55.8 Å². The second-order valence-corrected chi connectivity index (χ2v) is 10.5. The molecule has 3 heterocycles. The maximum atomic E-state index is 14.8. The maximum absolute atomic E-state index is 14.8. The number of esters is 1. The van der Waals surface area contributed by atoms with E-state index in [1.165, 1.54) is 36.6 Å². The molecule has 0 bridgehead atoms. The number of nitrogens with zero attached hydrogens (tertiary/aromatic N) is 1. The third-order valence-electron chi connectivity index (χ3n) is 6.83. The third-order valence-corrected chi connectivity index (χ3v) is 7.82. The quantitative estimate of drug-likeness (QED) is 0.241. The number of carbonyl (C=O) groups excluding carboxylic acids is 3. The van der Waals surface area contributed by atoms with E-state index >= 15 is 0 Å². The number of amides is 2. The highest BCUT2D eigenvalue weighted by atomic mass is 32.1. The van der Waals surface area contributed by atoms with Crippen LogP contribution in [0.15, 0.2) is 53.9 Å². The minimum atomic E-state index is -0.790. The number of benzene rings is 2. The summed E-state index contributed by atoms with van der Waals surface area (Å²) in [6.07, 6.45) is 1.41. The summed E-state index contributed by atoms with van der Waals surface area (Å²) in [4.78, 5) is 44.7. The molecule has 0 radical (unpaired) electrons. The average molecular weight is 589 g/mol. The van der Waals surface area contributed by atoms with Crippen molar-refractivity contribution >= 4 is 34.8 Å². The highest BCUT2D eigenvalue weighted by molar-refractivity contribution is 7.13. The number of pyridine rings is 1. The number of anilines is 1. The first-order valence-corrected chi connectivity index (χ1v) is 14.3. The smallest absolute Gasteiger partial charge is 0.357 e. The Morgan fingerprint density at radius 3 is 2.64 bits per heavy atom. The van der Waals surface area contributed by atoms with E-state index in [1.807, 2.05) is 18.4 Å². The molecule has 216 valence electrons. The standard InChI is InChI=1S/C31H29FN4O5S/c1-3-10-34-30(38)25-7-5-19(27(35-25)31(39)40-2)20-15-26-22(28-18(8-11-41-26)9-12-42-28)14-21(20)29(37)36-24-6-4-17(16-33)13-23(24)32/h4-7,9,12-15H,3,8,10-11,16,33H2,1-2H3,(H,34,38)(H,36,37). The van der Waals surface area contributed by atoms with Crippen molar-refractivity contribution in [3.8, 4) is 27.3 Å². The van der Waals surface area contributed by atoms with Crippen LogP contribution in [-0.4, -0.2) is 43.0 Å². The monoisotopic (exact) mass is 588 g/mol. The Balaban J connectivity index is 1.68. The SMILES string of the molecule is CCCNC(=O)c1ccc(-c2cc3c(cc2C(=O)Nc2ccc(CN)cc2F)-c2sccc2CCO3)c(C(=O)OC)n1. The molecule has 1 aliphatic heterocycles. The molecule has 0 atom stereocenters. The fourth-order valence-electron chi connectivity index (χ4n) is 4.69. The van der Waals surface area contributed by atoms with E-state index < -0.39 is 23.6 Å². The first-order valence-electron chi connectivity index (χ1n) is 13.4. The molecule has 42 heavy (non-hydrogen) atoms. The van der Waals surface area contributed by atoms with Crippen molar-refractivity contribution in [2.24, 2.45) is 5.73 Å². The molecular weight excluding hydrogens is 559 g/mol. The van der Waals surface area contributed by atoms with Gasteiger partial charge in [-0.3, -0.25) is 9.59 Å². The first-order chi connectivity index (χ1) is 20.3. The number of aromatic nitrogens is 1. The lowest BCUT2D eigenvalue weighted by molar-refractivity contribution is 0.0594. The molecule has 9 nitrogen and oxygen atoms in total. The molecule has 0 spiro atoms. The predicted octanol–water partition coefficient (Wildman–Crippen LogP) is 5.19. The van der Waals surface area contributed by atoms with Gasteiger partial charge in [0.2, 0.25) is 0 Å². The number of nitrogens with two attached hydrogens (primary N) is 1. The summed E-state index contributed by atoms with van der Waals surface area (Å²) >= 11 is 1.52. The average Bonchev–Trinajstić information content (AvgIpc) is 3.41. The van der Waals surface area contributed by atoms with Crippen LogP contribution in [0.3, 0.4) is 0 Å². The number of halogens is 1. The van der Waals surface area contributed by atoms with Crippen molar-refractivity contribution in [1.29, 1.82) is 0 Å². The minimum absolute atomic E-state index is 0.0231. The Morgan fingerprint density at radius 1 is 1.07 bits per heavy atom. The lowest BCUT2D eigenvalue weighted by atomic mass is 9.93. The van der Waals surface area contributed by atoms with Crippen molar-refractivity contribution in [3.63, 3.8) is 0 Å². The minimum Gasteiger partial charge on any atom is -0.493 e. The fraction of sp³-hybridized carbons (Fsp3) is 0.226. The summed E-state index contributed by atoms with van der Waals surface area (Å²) in [7, 11) is 1.21. The van der Waals surface area contributed by atoms with Crippen LogP contribution in [0.4, 0.5) is 10.1 Å². The Labute approximate surface area is 245 Å². The normalized spacial score (nSPS) is 11.9. The van der Waals surface area contributed by atoms with Crippen LogP contribution in [0.25, 0.3) is 21.6 Å². The number of carbonyl (C=O) groups is 3. The van der Waals surface area contributed by atoms with Gasteiger partial charge in [0, 0.05) is 46.6 Å². The molecule has 2 aromatic carbocycles. The van der Waals surface area contributed by atoms with Crippen LogP contribution in [0, 0.1) is 5.82 Å². The number of thiophene rings is 1. The molecule has 1 aliphatic rings. The zero-order valence-corrected chi connectivity index (χ0v) is 23.9. The zero-order valence-electron chi connectivity index (χ0n) is 23.1. The molecule has 0 unspecified atom stereocenters. The Kier molecular flexibility index (Phi) is 8.60. The number of hydrogen-bond acceptors (Lipinski definition) is 8. The van der Waals surface area contributed by atoms with Gasteiger partial charge in [0.05, 0.1) is 19.4 Å². The molecule has 4 aromatic rings. The van der Waals surface area contributed by atoms with Gasteiger partial charge >= 0.3 is 5.97 Å². The Bertz CT molecular complexity index is 1690. The third kappa shape index (κ3) is 5.74. The highest BCUT2D eigenvalue weighted by Crippen LogP contribution is 2.43. The van der Waals surface area contributed by atoms with Crippen LogP contribution >= 0.6 is 11.3 Å². The lowest BCUT2D eigenvalue weighted by Crippen LogP contribution is -2.26. The summed E-state index contributed by atoms with van der Waals surface area (Å²) in [6.45, 7) is 2.93. The molecule has 0 fully saturated rings. The lowest BCUT2D eigenvalue weighted by Gasteiger charge is -2.17. The van der Waals surface area contributed by atoms with Gasteiger partial charge < -0.3 is 25.8 Å². The van der Waals surface area contributed by atoms with Crippen molar-refractivity contribution in [2.75, 3.05) is 25.6 Å². The number of rotatable bonds is 8. The second-order valence-electron chi connectivity index (χ2n) is 9.58. The van der Waals surface area contributed by atoms with E-state index in [0.29, 0.717) is 42.0 Å². The summed E-state index contributed by atoms with van der Waals surface area (Å²) in [6, 6.07) is 12.7. The van der Waals surface area contributed by atoms with Crippen molar-refractivity contribution < 1.29 is 28.2 Å². The summed E-state index contributed by atoms with van der Waals surface area (Å²) < 4.78 is 25.9. The molecule has 5 rings (SSSR count). The van der Waals surface area contributed by atoms with Gasteiger partial charge in [0.25, 0.3) is 11.8 Å². The Morgan fingerprint density at radius 2 is 1.90 bits per heavy atom. The van der Waals surface area contributed by atoms with Gasteiger partial charge in [-0.1, -0.05) is 13.0 Å². The van der Waals surface area contributed by atoms with Gasteiger partial charge in [-0.05, 0) is 65.4 Å². The van der Waals surface area contributed by atoms with E-state index in [4.69, 9.17) is 15.2 Å². The van der Waals surface area contributed by atoms with Crippen LogP contribution in [-0.2, 0) is 17.7 Å². The number of hydrogen-bond donors (Lipinski definition) is 3. The van der Waals surface area contributed by atoms with Crippen molar-refractivity contribution in [1.82, 2.24) is 10.3 Å². The molecule has 2 amide bonds. The van der Waals surface area contributed by atoms with E-state index in [2.05, 4.69) is 15.6 Å². The van der Waals surface area contributed by atoms with Crippen LogP contribution in [0.2, 0.25) is 0 Å².